The average Bonchev–Trinajstić information content (AvgIpc) is 3.26. The molecule has 9 heteroatoms. The van der Waals surface area contributed by atoms with Gasteiger partial charge in [0.25, 0.3) is 0 Å². The first-order chi connectivity index (χ1) is 13.2. The maximum absolute atomic E-state index is 13.0. The van der Waals surface area contributed by atoms with Crippen molar-refractivity contribution in [1.82, 2.24) is 34.6 Å². The molecule has 1 fully saturated rings. The lowest BCUT2D eigenvalue weighted by Crippen LogP contribution is -2.43. The Labute approximate surface area is 155 Å². The van der Waals surface area contributed by atoms with Crippen LogP contribution in [0.15, 0.2) is 31.0 Å². The lowest BCUT2D eigenvalue weighted by molar-refractivity contribution is 0.190. The second-order valence-corrected chi connectivity index (χ2v) is 7.03. The van der Waals surface area contributed by atoms with E-state index in [0.29, 0.717) is 18.2 Å². The van der Waals surface area contributed by atoms with Gasteiger partial charge in [0.2, 0.25) is 0 Å². The fraction of sp³-hybridized carbons (Fsp3) is 0.389. The van der Waals surface area contributed by atoms with Gasteiger partial charge >= 0.3 is 6.03 Å². The van der Waals surface area contributed by atoms with E-state index in [1.165, 1.54) is 0 Å². The number of fused-ring (bicyclic) bond motifs is 1. The van der Waals surface area contributed by atoms with E-state index in [-0.39, 0.29) is 12.1 Å². The van der Waals surface area contributed by atoms with Crippen molar-refractivity contribution in [1.29, 1.82) is 0 Å². The van der Waals surface area contributed by atoms with Crippen molar-refractivity contribution in [3.63, 3.8) is 0 Å². The Hall–Kier alpha value is -3.23. The van der Waals surface area contributed by atoms with Crippen LogP contribution in [0.2, 0.25) is 0 Å². The van der Waals surface area contributed by atoms with E-state index in [1.54, 1.807) is 34.5 Å². The number of carbonyl (C=O) groups excluding carboxylic acids is 1. The largest absolute Gasteiger partial charge is 0.348 e. The molecule has 5 rings (SSSR count). The summed E-state index contributed by atoms with van der Waals surface area (Å²) in [7, 11) is 1.87. The Morgan fingerprint density at radius 1 is 1.26 bits per heavy atom. The van der Waals surface area contributed by atoms with Gasteiger partial charge in [-0.3, -0.25) is 4.68 Å². The third-order valence-corrected chi connectivity index (χ3v) is 5.19. The molecule has 2 N–H and O–H groups in total. The summed E-state index contributed by atoms with van der Waals surface area (Å²) < 4.78 is 1.78. The highest BCUT2D eigenvalue weighted by molar-refractivity contribution is 5.89. The summed E-state index contributed by atoms with van der Waals surface area (Å²) in [4.78, 5) is 31.2. The fourth-order valence-electron chi connectivity index (χ4n) is 3.60. The lowest BCUT2D eigenvalue weighted by Gasteiger charge is -2.34. The molecule has 4 heterocycles. The summed E-state index contributed by atoms with van der Waals surface area (Å²) in [6.07, 6.45) is 9.81. The van der Waals surface area contributed by atoms with E-state index in [1.807, 2.05) is 13.1 Å². The number of anilines is 1. The SMILES string of the molecule is Cn1nccc1C1c2nc[nH]c2CCN1C(=O)Nc1cnc(C2CC2)nc1. The Kier molecular flexibility index (Phi) is 3.66. The quantitative estimate of drug-likeness (QED) is 0.739. The average molecular weight is 364 g/mol. The van der Waals surface area contributed by atoms with Gasteiger partial charge in [-0.1, -0.05) is 0 Å². The third-order valence-electron chi connectivity index (χ3n) is 5.19. The second kappa shape index (κ2) is 6.19. The van der Waals surface area contributed by atoms with E-state index >= 15 is 0 Å². The number of hydrogen-bond acceptors (Lipinski definition) is 5. The number of H-pyrrole nitrogens is 1. The molecule has 1 aliphatic heterocycles. The Bertz CT molecular complexity index is 971. The number of aryl methyl sites for hydroxylation is 1. The van der Waals surface area contributed by atoms with Gasteiger partial charge in [0.1, 0.15) is 11.9 Å². The van der Waals surface area contributed by atoms with E-state index < -0.39 is 0 Å². The standard InChI is InChI=1S/C18H20N8O/c1-25-14(4-6-23-25)16-15-13(21-10-22-15)5-7-26(16)18(27)24-12-8-19-17(20-9-12)11-2-3-11/h4,6,8-11,16H,2-3,5,7H2,1H3,(H,21,22)(H,24,27). The second-order valence-electron chi connectivity index (χ2n) is 7.03. The van der Waals surface area contributed by atoms with Gasteiger partial charge in [0, 0.05) is 37.8 Å². The molecule has 1 atom stereocenters. The van der Waals surface area contributed by atoms with Crippen LogP contribution in [-0.4, -0.2) is 47.2 Å². The van der Waals surface area contributed by atoms with Crippen molar-refractivity contribution >= 4 is 11.7 Å². The minimum atomic E-state index is -0.292. The van der Waals surface area contributed by atoms with Gasteiger partial charge in [-0.15, -0.1) is 0 Å². The predicted molar refractivity (Wildman–Crippen MR) is 97.1 cm³/mol. The van der Waals surface area contributed by atoms with E-state index in [4.69, 9.17) is 0 Å². The summed E-state index contributed by atoms with van der Waals surface area (Å²) in [5, 5.41) is 7.19. The first kappa shape index (κ1) is 16.0. The summed E-state index contributed by atoms with van der Waals surface area (Å²) in [6.45, 7) is 0.581. The molecule has 1 unspecified atom stereocenters. The van der Waals surface area contributed by atoms with Crippen LogP contribution in [0.3, 0.4) is 0 Å². The number of imidazole rings is 1. The minimum Gasteiger partial charge on any atom is -0.348 e. The fourth-order valence-corrected chi connectivity index (χ4v) is 3.60. The number of rotatable bonds is 3. The molecule has 0 spiro atoms. The van der Waals surface area contributed by atoms with E-state index in [2.05, 4.69) is 30.4 Å². The molecule has 9 nitrogen and oxygen atoms in total. The highest BCUT2D eigenvalue weighted by atomic mass is 16.2. The number of hydrogen-bond donors (Lipinski definition) is 2. The highest BCUT2D eigenvalue weighted by Crippen LogP contribution is 2.38. The van der Waals surface area contributed by atoms with Gasteiger partial charge < -0.3 is 15.2 Å². The van der Waals surface area contributed by atoms with Crippen LogP contribution in [-0.2, 0) is 13.5 Å². The van der Waals surface area contributed by atoms with Gasteiger partial charge in [-0.2, -0.15) is 5.10 Å². The molecular weight excluding hydrogens is 344 g/mol. The molecule has 27 heavy (non-hydrogen) atoms. The Balaban J connectivity index is 1.42. The Morgan fingerprint density at radius 2 is 2.07 bits per heavy atom. The van der Waals surface area contributed by atoms with Crippen LogP contribution in [0.4, 0.5) is 10.5 Å². The molecule has 3 aromatic heterocycles. The number of carbonyl (C=O) groups is 1. The number of amides is 2. The maximum atomic E-state index is 13.0. The summed E-state index contributed by atoms with van der Waals surface area (Å²) in [6, 6.07) is 1.43. The van der Waals surface area contributed by atoms with Crippen molar-refractivity contribution < 1.29 is 4.79 Å². The molecule has 1 aliphatic carbocycles. The van der Waals surface area contributed by atoms with Crippen LogP contribution in [0.5, 0.6) is 0 Å². The van der Waals surface area contributed by atoms with Crippen LogP contribution >= 0.6 is 0 Å². The summed E-state index contributed by atoms with van der Waals surface area (Å²) >= 11 is 0. The van der Waals surface area contributed by atoms with Crippen LogP contribution in [0.1, 0.15) is 47.7 Å². The maximum Gasteiger partial charge on any atom is 0.322 e. The number of urea groups is 1. The minimum absolute atomic E-state index is 0.197. The smallest absolute Gasteiger partial charge is 0.322 e. The Morgan fingerprint density at radius 3 is 2.78 bits per heavy atom. The summed E-state index contributed by atoms with van der Waals surface area (Å²) in [5.74, 6) is 1.35. The third kappa shape index (κ3) is 2.84. The zero-order valence-corrected chi connectivity index (χ0v) is 15.0. The number of aromatic amines is 1. The van der Waals surface area contributed by atoms with Gasteiger partial charge in [0.05, 0.1) is 35.8 Å². The van der Waals surface area contributed by atoms with Crippen molar-refractivity contribution in [3.05, 3.63) is 53.9 Å². The van der Waals surface area contributed by atoms with E-state index in [0.717, 1.165) is 42.2 Å². The molecule has 2 amide bonds. The number of nitrogens with zero attached hydrogens (tertiary/aromatic N) is 6. The van der Waals surface area contributed by atoms with Gasteiger partial charge in [0.15, 0.2) is 0 Å². The van der Waals surface area contributed by atoms with Gasteiger partial charge in [-0.25, -0.2) is 19.7 Å². The molecule has 0 radical (unpaired) electrons. The molecule has 0 aromatic carbocycles. The van der Waals surface area contributed by atoms with Crippen molar-refractivity contribution in [2.24, 2.45) is 7.05 Å². The van der Waals surface area contributed by atoms with Crippen LogP contribution in [0, 0.1) is 0 Å². The molecular formula is C18H20N8O. The highest BCUT2D eigenvalue weighted by Gasteiger charge is 2.36. The topological polar surface area (TPSA) is 105 Å². The first-order valence-electron chi connectivity index (χ1n) is 9.10. The lowest BCUT2D eigenvalue weighted by atomic mass is 10.00. The molecule has 1 saturated carbocycles. The van der Waals surface area contributed by atoms with Gasteiger partial charge in [-0.05, 0) is 18.9 Å². The van der Waals surface area contributed by atoms with Crippen LogP contribution < -0.4 is 5.32 Å². The monoisotopic (exact) mass is 364 g/mol. The normalized spacial score (nSPS) is 19.0. The van der Waals surface area contributed by atoms with Crippen molar-refractivity contribution in [3.8, 4) is 0 Å². The van der Waals surface area contributed by atoms with E-state index in [9.17, 15) is 4.79 Å². The molecule has 138 valence electrons. The number of nitrogens with one attached hydrogen (secondary N) is 2. The predicted octanol–water partition coefficient (Wildman–Crippen LogP) is 1.99. The zero-order valence-electron chi connectivity index (χ0n) is 15.0. The van der Waals surface area contributed by atoms with Crippen molar-refractivity contribution in [2.75, 3.05) is 11.9 Å². The zero-order chi connectivity index (χ0) is 18.4. The molecule has 2 aliphatic rings. The number of aromatic nitrogens is 6. The van der Waals surface area contributed by atoms with Crippen molar-refractivity contribution in [2.45, 2.75) is 31.2 Å². The molecule has 0 bridgehead atoms. The molecule has 3 aromatic rings. The first-order valence-corrected chi connectivity index (χ1v) is 9.10. The molecule has 0 saturated heterocycles. The summed E-state index contributed by atoms with van der Waals surface area (Å²) in [5.41, 5.74) is 3.43. The van der Waals surface area contributed by atoms with Crippen LogP contribution in [0.25, 0.3) is 0 Å².